The van der Waals surface area contributed by atoms with Crippen LogP contribution in [0.4, 0.5) is 17.3 Å². The Kier molecular flexibility index (Phi) is 6.39. The third kappa shape index (κ3) is 5.06. The molecule has 3 aromatic rings. The highest BCUT2D eigenvalue weighted by Crippen LogP contribution is 2.31. The Morgan fingerprint density at radius 3 is 2.62 bits per heavy atom. The molecular formula is C17H12ClIN6O4. The lowest BCUT2D eigenvalue weighted by Crippen LogP contribution is -2.04. The fourth-order valence-electron chi connectivity index (χ4n) is 2.27. The summed E-state index contributed by atoms with van der Waals surface area (Å²) in [5.74, 6) is -0.0145. The van der Waals surface area contributed by atoms with E-state index in [2.05, 4.69) is 30.2 Å². The van der Waals surface area contributed by atoms with Crippen LogP contribution in [0.5, 0.6) is 0 Å². The number of nitrogens with one attached hydrogen (secondary N) is 2. The molecule has 0 spiro atoms. The van der Waals surface area contributed by atoms with Crippen molar-refractivity contribution in [2.75, 3.05) is 12.4 Å². The summed E-state index contributed by atoms with van der Waals surface area (Å²) in [5, 5.41) is 20.5. The van der Waals surface area contributed by atoms with Gasteiger partial charge in [0.2, 0.25) is 11.0 Å². The average molecular weight is 527 g/mol. The summed E-state index contributed by atoms with van der Waals surface area (Å²) < 4.78 is 5.39. The number of methoxy groups -OCH3 is 1. The molecule has 0 aliphatic rings. The van der Waals surface area contributed by atoms with Gasteiger partial charge in [-0.25, -0.2) is 14.8 Å². The molecule has 0 aliphatic carbocycles. The van der Waals surface area contributed by atoms with Gasteiger partial charge in [-0.15, -0.1) is 0 Å². The van der Waals surface area contributed by atoms with Gasteiger partial charge in [0.15, 0.2) is 11.6 Å². The zero-order valence-corrected chi connectivity index (χ0v) is 17.6. The van der Waals surface area contributed by atoms with Gasteiger partial charge in [0.05, 0.1) is 21.3 Å². The largest absolute Gasteiger partial charge is 0.465 e. The summed E-state index contributed by atoms with van der Waals surface area (Å²) in [7, 11) is 1.31. The number of esters is 1. The fraction of sp³-hybridized carbons (Fsp3) is 0.0588. The number of aromatic amines is 1. The maximum Gasteiger partial charge on any atom is 0.348 e. The molecule has 10 nitrogen and oxygen atoms in total. The first-order chi connectivity index (χ1) is 13.9. The van der Waals surface area contributed by atoms with Crippen LogP contribution in [0, 0.1) is 13.8 Å². The number of carbonyl (C=O) groups excluding carboxylic acids is 1. The van der Waals surface area contributed by atoms with Crippen molar-refractivity contribution in [3.05, 3.63) is 66.3 Å². The molecule has 0 fully saturated rings. The second-order valence-corrected chi connectivity index (χ2v) is 7.02. The molecule has 12 heteroatoms. The number of rotatable bonds is 6. The summed E-state index contributed by atoms with van der Waals surface area (Å²) in [6.45, 7) is 0. The number of aromatic nitrogens is 4. The maximum absolute atomic E-state index is 11.5. The zero-order chi connectivity index (χ0) is 21.0. The Bertz CT molecular complexity index is 1100. The van der Waals surface area contributed by atoms with E-state index >= 15 is 0 Å². The minimum absolute atomic E-state index is 0.0846. The Morgan fingerprint density at radius 2 is 2.03 bits per heavy atom. The van der Waals surface area contributed by atoms with Crippen molar-refractivity contribution in [3.8, 4) is 0 Å². The minimum Gasteiger partial charge on any atom is -0.465 e. The van der Waals surface area contributed by atoms with Crippen LogP contribution >= 0.6 is 34.2 Å². The smallest absolute Gasteiger partial charge is 0.348 e. The van der Waals surface area contributed by atoms with Crippen molar-refractivity contribution in [1.82, 2.24) is 20.2 Å². The predicted octanol–water partition coefficient (Wildman–Crippen LogP) is 4.07. The van der Waals surface area contributed by atoms with E-state index in [1.54, 1.807) is 42.5 Å². The first-order valence-corrected chi connectivity index (χ1v) is 9.39. The van der Waals surface area contributed by atoms with Gasteiger partial charge in [0.1, 0.15) is 0 Å². The van der Waals surface area contributed by atoms with E-state index in [-0.39, 0.29) is 16.8 Å². The van der Waals surface area contributed by atoms with Crippen LogP contribution in [-0.2, 0) is 4.74 Å². The highest BCUT2D eigenvalue weighted by Gasteiger charge is 2.24. The van der Waals surface area contributed by atoms with Crippen LogP contribution in [0.2, 0.25) is 5.15 Å². The van der Waals surface area contributed by atoms with E-state index in [1.165, 1.54) is 7.11 Å². The Labute approximate surface area is 182 Å². The molecule has 2 N–H and O–H groups in total. The van der Waals surface area contributed by atoms with Crippen LogP contribution in [-0.4, -0.2) is 38.2 Å². The van der Waals surface area contributed by atoms with Gasteiger partial charge >= 0.3 is 11.7 Å². The van der Waals surface area contributed by atoms with Gasteiger partial charge in [0.25, 0.3) is 0 Å². The van der Waals surface area contributed by atoms with E-state index in [4.69, 9.17) is 11.6 Å². The van der Waals surface area contributed by atoms with Crippen molar-refractivity contribution in [3.63, 3.8) is 0 Å². The second-order valence-electron chi connectivity index (χ2n) is 5.50. The number of benzene rings is 1. The highest BCUT2D eigenvalue weighted by molar-refractivity contribution is 14.1. The Hall–Kier alpha value is -3.06. The Balaban J connectivity index is 1.90. The standard InChI is InChI=1S/C17H12ClIN6O4/c1-29-17(26)10-5-2-9(3-6-10)4-7-12-20-15(18)14(25(27)28)16(21-12)22-13-8-11(19)23-24-13/h2-8H,1H3,(H2,20,21,22,23,24)/b7-4+. The topological polar surface area (TPSA) is 136 Å². The molecular weight excluding hydrogens is 515 g/mol. The highest BCUT2D eigenvalue weighted by atomic mass is 127. The first kappa shape index (κ1) is 20.7. The van der Waals surface area contributed by atoms with E-state index in [1.807, 2.05) is 22.6 Å². The quantitative estimate of drug-likeness (QED) is 0.161. The number of nitrogens with zero attached hydrogens (tertiary/aromatic N) is 4. The summed E-state index contributed by atoms with van der Waals surface area (Å²) in [5.41, 5.74) is 0.718. The monoisotopic (exact) mass is 526 g/mol. The third-order valence-electron chi connectivity index (χ3n) is 3.59. The molecule has 0 atom stereocenters. The van der Waals surface area contributed by atoms with E-state index in [0.29, 0.717) is 11.4 Å². The minimum atomic E-state index is -0.665. The lowest BCUT2D eigenvalue weighted by Gasteiger charge is -2.05. The molecule has 0 unspecified atom stereocenters. The van der Waals surface area contributed by atoms with Crippen molar-refractivity contribution in [2.24, 2.45) is 0 Å². The van der Waals surface area contributed by atoms with Crippen LogP contribution in [0.1, 0.15) is 21.7 Å². The number of H-pyrrole nitrogens is 1. The lowest BCUT2D eigenvalue weighted by atomic mass is 10.1. The molecule has 2 heterocycles. The molecule has 0 aliphatic heterocycles. The fourth-order valence-corrected chi connectivity index (χ4v) is 2.93. The number of hydrogen-bond acceptors (Lipinski definition) is 8. The molecule has 0 saturated heterocycles. The van der Waals surface area contributed by atoms with Gasteiger partial charge < -0.3 is 10.1 Å². The average Bonchev–Trinajstić information content (AvgIpc) is 3.10. The SMILES string of the molecule is COC(=O)c1ccc(/C=C/c2nc(Cl)c([N+](=O)[O-])c(Nc3cc(I)[nH]n3)n2)cc1. The third-order valence-corrected chi connectivity index (χ3v) is 4.41. The second kappa shape index (κ2) is 8.96. The van der Waals surface area contributed by atoms with Gasteiger partial charge in [0, 0.05) is 6.07 Å². The molecule has 1 aromatic carbocycles. The Morgan fingerprint density at radius 1 is 1.31 bits per heavy atom. The maximum atomic E-state index is 11.5. The van der Waals surface area contributed by atoms with E-state index < -0.39 is 16.6 Å². The van der Waals surface area contributed by atoms with E-state index in [0.717, 1.165) is 9.26 Å². The van der Waals surface area contributed by atoms with Crippen LogP contribution in [0.25, 0.3) is 12.2 Å². The molecule has 2 aromatic heterocycles. The van der Waals surface area contributed by atoms with Crippen molar-refractivity contribution < 1.29 is 14.5 Å². The first-order valence-electron chi connectivity index (χ1n) is 7.93. The van der Waals surface area contributed by atoms with Crippen LogP contribution in [0.3, 0.4) is 0 Å². The lowest BCUT2D eigenvalue weighted by molar-refractivity contribution is -0.384. The summed E-state index contributed by atoms with van der Waals surface area (Å²) >= 11 is 8.02. The van der Waals surface area contributed by atoms with Gasteiger partial charge in [-0.05, 0) is 46.4 Å². The number of carbonyl (C=O) groups is 1. The molecule has 0 bridgehead atoms. The molecule has 3 rings (SSSR count). The van der Waals surface area contributed by atoms with Gasteiger partial charge in [-0.1, -0.05) is 29.8 Å². The van der Waals surface area contributed by atoms with Crippen molar-refractivity contribution >= 4 is 69.6 Å². The molecule has 0 amide bonds. The zero-order valence-electron chi connectivity index (χ0n) is 14.7. The van der Waals surface area contributed by atoms with Crippen LogP contribution < -0.4 is 5.32 Å². The van der Waals surface area contributed by atoms with Crippen LogP contribution in [0.15, 0.2) is 30.3 Å². The molecule has 148 valence electrons. The number of nitro groups is 1. The number of ether oxygens (including phenoxy) is 1. The summed E-state index contributed by atoms with van der Waals surface area (Å²) in [6.07, 6.45) is 3.22. The number of anilines is 2. The number of hydrogen-bond donors (Lipinski definition) is 2. The van der Waals surface area contributed by atoms with Crippen molar-refractivity contribution in [2.45, 2.75) is 0 Å². The normalized spacial score (nSPS) is 10.9. The molecule has 0 radical (unpaired) electrons. The molecule has 29 heavy (non-hydrogen) atoms. The predicted molar refractivity (Wildman–Crippen MR) is 115 cm³/mol. The summed E-state index contributed by atoms with van der Waals surface area (Å²) in [4.78, 5) is 30.3. The molecule has 0 saturated carbocycles. The number of halogens is 2. The van der Waals surface area contributed by atoms with E-state index in [9.17, 15) is 14.9 Å². The van der Waals surface area contributed by atoms with Crippen molar-refractivity contribution in [1.29, 1.82) is 0 Å². The van der Waals surface area contributed by atoms with Gasteiger partial charge in [-0.2, -0.15) is 5.10 Å². The summed E-state index contributed by atoms with van der Waals surface area (Å²) in [6, 6.07) is 8.29. The van der Waals surface area contributed by atoms with Gasteiger partial charge in [-0.3, -0.25) is 15.2 Å².